The third kappa shape index (κ3) is 2.19. The summed E-state index contributed by atoms with van der Waals surface area (Å²) in [7, 11) is 2.11. The zero-order chi connectivity index (χ0) is 13.9. The fourth-order valence-corrected chi connectivity index (χ4v) is 2.60. The van der Waals surface area contributed by atoms with Gasteiger partial charge in [-0.1, -0.05) is 18.2 Å². The number of para-hydroxylation sites is 2. The molecule has 0 spiro atoms. The van der Waals surface area contributed by atoms with E-state index in [0.29, 0.717) is 5.69 Å². The van der Waals surface area contributed by atoms with Gasteiger partial charge in [-0.05, 0) is 18.2 Å². The summed E-state index contributed by atoms with van der Waals surface area (Å²) in [5.41, 5.74) is 3.95. The highest BCUT2D eigenvalue weighted by molar-refractivity contribution is 5.73. The van der Waals surface area contributed by atoms with Crippen LogP contribution < -0.4 is 9.80 Å². The van der Waals surface area contributed by atoms with Gasteiger partial charge in [0, 0.05) is 38.4 Å². The van der Waals surface area contributed by atoms with Crippen molar-refractivity contribution >= 4 is 11.4 Å². The van der Waals surface area contributed by atoms with E-state index >= 15 is 0 Å². The molecule has 0 saturated carbocycles. The topological polar surface area (TPSA) is 43.2 Å². The average molecular weight is 264 g/mol. The minimum absolute atomic E-state index is 0.518. The Hall–Kier alpha value is -2.54. The highest BCUT2D eigenvalue weighted by Crippen LogP contribution is 2.32. The number of pyridine rings is 1. The van der Waals surface area contributed by atoms with Crippen molar-refractivity contribution in [3.05, 3.63) is 53.9 Å². The Balaban J connectivity index is 1.93. The van der Waals surface area contributed by atoms with E-state index in [2.05, 4.69) is 52.2 Å². The molecule has 1 aliphatic rings. The summed E-state index contributed by atoms with van der Waals surface area (Å²) in [5.74, 6) is 0. The van der Waals surface area contributed by atoms with Crippen molar-refractivity contribution in [2.24, 2.45) is 0 Å². The fourth-order valence-electron chi connectivity index (χ4n) is 2.60. The monoisotopic (exact) mass is 264 g/mol. The minimum atomic E-state index is 0.518. The number of benzene rings is 1. The van der Waals surface area contributed by atoms with Gasteiger partial charge in [-0.15, -0.1) is 0 Å². The molecule has 2 aromatic rings. The summed E-state index contributed by atoms with van der Waals surface area (Å²) in [6, 6.07) is 14.4. The van der Waals surface area contributed by atoms with Gasteiger partial charge >= 0.3 is 0 Å². The molecular weight excluding hydrogens is 248 g/mol. The Morgan fingerprint density at radius 3 is 2.75 bits per heavy atom. The van der Waals surface area contributed by atoms with Crippen molar-refractivity contribution in [1.29, 1.82) is 5.26 Å². The van der Waals surface area contributed by atoms with Crippen LogP contribution in [0.4, 0.5) is 11.4 Å². The lowest BCUT2D eigenvalue weighted by atomic mass is 10.1. The fraction of sp³-hybridized carbons (Fsp3) is 0.250. The van der Waals surface area contributed by atoms with Gasteiger partial charge in [0.2, 0.25) is 0 Å². The quantitative estimate of drug-likeness (QED) is 0.835. The Kier molecular flexibility index (Phi) is 3.26. The number of aromatic nitrogens is 1. The molecule has 0 unspecified atom stereocenters. The predicted octanol–water partition coefficient (Wildman–Crippen LogP) is 2.41. The first-order valence-electron chi connectivity index (χ1n) is 6.68. The van der Waals surface area contributed by atoms with Gasteiger partial charge in [-0.2, -0.15) is 5.26 Å². The van der Waals surface area contributed by atoms with E-state index in [-0.39, 0.29) is 0 Å². The molecule has 0 N–H and O–H groups in total. The number of nitrogens with zero attached hydrogens (tertiary/aromatic N) is 4. The van der Waals surface area contributed by atoms with Crippen LogP contribution in [0.2, 0.25) is 0 Å². The van der Waals surface area contributed by atoms with E-state index < -0.39 is 0 Å². The Bertz CT molecular complexity index is 660. The van der Waals surface area contributed by atoms with Crippen LogP contribution >= 0.6 is 0 Å². The van der Waals surface area contributed by atoms with Crippen molar-refractivity contribution in [3.8, 4) is 6.07 Å². The van der Waals surface area contributed by atoms with Crippen molar-refractivity contribution in [3.63, 3.8) is 0 Å². The zero-order valence-electron chi connectivity index (χ0n) is 11.5. The molecule has 4 heteroatoms. The molecule has 0 bridgehead atoms. The van der Waals surface area contributed by atoms with E-state index in [1.54, 1.807) is 6.20 Å². The number of hydrogen-bond acceptors (Lipinski definition) is 4. The van der Waals surface area contributed by atoms with Crippen LogP contribution in [0, 0.1) is 11.3 Å². The Morgan fingerprint density at radius 2 is 1.95 bits per heavy atom. The van der Waals surface area contributed by atoms with Crippen LogP contribution in [0.15, 0.2) is 42.6 Å². The van der Waals surface area contributed by atoms with Crippen LogP contribution in [0.1, 0.15) is 11.3 Å². The standard InChI is InChI=1S/C16H16N4/c1-19-9-10-20(16-7-3-2-6-15(16)19)12-13-5-4-8-18-14(13)11-17/h2-8H,9-10,12H2,1H3. The third-order valence-corrected chi connectivity index (χ3v) is 3.70. The van der Waals surface area contributed by atoms with Gasteiger partial charge in [0.1, 0.15) is 11.8 Å². The number of likely N-dealkylation sites (N-methyl/N-ethyl adjacent to an activating group) is 1. The molecule has 2 heterocycles. The molecule has 0 radical (unpaired) electrons. The first-order valence-corrected chi connectivity index (χ1v) is 6.68. The zero-order valence-corrected chi connectivity index (χ0v) is 11.5. The molecule has 20 heavy (non-hydrogen) atoms. The summed E-state index contributed by atoms with van der Waals surface area (Å²) < 4.78 is 0. The summed E-state index contributed by atoms with van der Waals surface area (Å²) in [6.45, 7) is 2.66. The molecule has 100 valence electrons. The van der Waals surface area contributed by atoms with Crippen LogP contribution in [0.3, 0.4) is 0 Å². The molecule has 3 rings (SSSR count). The first-order chi connectivity index (χ1) is 9.79. The molecule has 1 aliphatic heterocycles. The van der Waals surface area contributed by atoms with Gasteiger partial charge in [0.15, 0.2) is 0 Å². The lowest BCUT2D eigenvalue weighted by molar-refractivity contribution is 0.732. The molecular formula is C16H16N4. The van der Waals surface area contributed by atoms with Gasteiger partial charge in [-0.3, -0.25) is 0 Å². The van der Waals surface area contributed by atoms with Crippen molar-refractivity contribution in [2.45, 2.75) is 6.54 Å². The summed E-state index contributed by atoms with van der Waals surface area (Å²) >= 11 is 0. The highest BCUT2D eigenvalue weighted by Gasteiger charge is 2.20. The van der Waals surface area contributed by atoms with Gasteiger partial charge in [0.25, 0.3) is 0 Å². The molecule has 0 aliphatic carbocycles. The van der Waals surface area contributed by atoms with Crippen LogP contribution in [-0.2, 0) is 6.54 Å². The molecule has 1 aromatic carbocycles. The lowest BCUT2D eigenvalue weighted by Gasteiger charge is -2.37. The summed E-state index contributed by atoms with van der Waals surface area (Å²) in [4.78, 5) is 8.71. The maximum absolute atomic E-state index is 9.15. The molecule has 1 aromatic heterocycles. The number of hydrogen-bond donors (Lipinski definition) is 0. The first kappa shape index (κ1) is 12.5. The minimum Gasteiger partial charge on any atom is -0.371 e. The van der Waals surface area contributed by atoms with Crippen molar-refractivity contribution in [2.75, 3.05) is 29.9 Å². The molecule has 0 amide bonds. The van der Waals surface area contributed by atoms with Gasteiger partial charge < -0.3 is 9.80 Å². The molecule has 0 atom stereocenters. The number of anilines is 2. The van der Waals surface area contributed by atoms with Crippen molar-refractivity contribution < 1.29 is 0 Å². The van der Waals surface area contributed by atoms with Crippen LogP contribution in [-0.4, -0.2) is 25.1 Å². The second kappa shape index (κ2) is 5.22. The maximum atomic E-state index is 9.15. The largest absolute Gasteiger partial charge is 0.371 e. The smallest absolute Gasteiger partial charge is 0.145 e. The second-order valence-electron chi connectivity index (χ2n) is 4.95. The van der Waals surface area contributed by atoms with Gasteiger partial charge in [0.05, 0.1) is 11.4 Å². The van der Waals surface area contributed by atoms with Crippen molar-refractivity contribution in [1.82, 2.24) is 4.98 Å². The van der Waals surface area contributed by atoms with E-state index in [0.717, 1.165) is 25.2 Å². The SMILES string of the molecule is CN1CCN(Cc2cccnc2C#N)c2ccccc21. The lowest BCUT2D eigenvalue weighted by Crippen LogP contribution is -2.38. The van der Waals surface area contributed by atoms with E-state index in [1.807, 2.05) is 12.1 Å². The molecule has 0 fully saturated rings. The van der Waals surface area contributed by atoms with Crippen LogP contribution in [0.25, 0.3) is 0 Å². The summed E-state index contributed by atoms with van der Waals surface area (Å²) in [6.07, 6.45) is 1.67. The maximum Gasteiger partial charge on any atom is 0.145 e. The summed E-state index contributed by atoms with van der Waals surface area (Å²) in [5, 5.41) is 9.15. The average Bonchev–Trinajstić information content (AvgIpc) is 2.51. The van der Waals surface area contributed by atoms with Crippen LogP contribution in [0.5, 0.6) is 0 Å². The highest BCUT2D eigenvalue weighted by atomic mass is 15.2. The Labute approximate surface area is 118 Å². The number of rotatable bonds is 2. The van der Waals surface area contributed by atoms with E-state index in [9.17, 15) is 0 Å². The Morgan fingerprint density at radius 1 is 1.15 bits per heavy atom. The second-order valence-corrected chi connectivity index (χ2v) is 4.95. The number of nitriles is 1. The van der Waals surface area contributed by atoms with Gasteiger partial charge in [-0.25, -0.2) is 4.98 Å². The van der Waals surface area contributed by atoms with E-state index in [1.165, 1.54) is 11.4 Å². The predicted molar refractivity (Wildman–Crippen MR) is 79.7 cm³/mol. The third-order valence-electron chi connectivity index (χ3n) is 3.70. The van der Waals surface area contributed by atoms with E-state index in [4.69, 9.17) is 5.26 Å². The normalized spacial score (nSPS) is 13.8. The molecule has 0 saturated heterocycles. The number of fused-ring (bicyclic) bond motifs is 1. The molecule has 4 nitrogen and oxygen atoms in total.